The third-order valence-electron chi connectivity index (χ3n) is 19.4. The normalized spacial score (nSPS) is 11.2. The number of ether oxygens (including phenoxy) is 12. The van der Waals surface area contributed by atoms with E-state index in [0.717, 1.165) is 34.4 Å². The molecular weight excluding hydrogens is 1380 g/mol. The molecule has 21 heteroatoms. The molecule has 20 nitrogen and oxygen atoms in total. The van der Waals surface area contributed by atoms with Crippen molar-refractivity contribution in [3.05, 3.63) is 280 Å². The number of esters is 6. The Bertz CT molecular complexity index is 4880. The molecule has 0 saturated heterocycles. The van der Waals surface area contributed by atoms with Gasteiger partial charge in [0.1, 0.15) is 90.9 Å². The first-order chi connectivity index (χ1) is 51.1. The summed E-state index contributed by atoms with van der Waals surface area (Å²) < 4.78 is 102. The summed E-state index contributed by atoms with van der Waals surface area (Å²) in [4.78, 5) is 86.4. The van der Waals surface area contributed by atoms with Gasteiger partial charge in [-0.1, -0.05) is 121 Å². The molecule has 0 fully saturated rings. The quantitative estimate of drug-likeness (QED) is 0.0403. The van der Waals surface area contributed by atoms with Crippen LogP contribution in [0.1, 0.15) is 163 Å². The molecule has 0 unspecified atom stereocenters. The second-order valence-electron chi connectivity index (χ2n) is 25.4. The molecular formula is C86H82O20S. The van der Waals surface area contributed by atoms with Crippen molar-refractivity contribution in [3.63, 3.8) is 0 Å². The lowest BCUT2D eigenvalue weighted by atomic mass is 9.95. The van der Waals surface area contributed by atoms with E-state index in [1.807, 2.05) is 121 Å². The van der Waals surface area contributed by atoms with Crippen molar-refractivity contribution in [3.8, 4) is 57.5 Å². The lowest BCUT2D eigenvalue weighted by Gasteiger charge is -2.24. The highest BCUT2D eigenvalue weighted by Gasteiger charge is 2.36. The van der Waals surface area contributed by atoms with Gasteiger partial charge in [-0.15, -0.1) is 0 Å². The summed E-state index contributed by atoms with van der Waals surface area (Å²) in [5.74, 6) is -4.72. The molecule has 0 aliphatic heterocycles. The Kier molecular flexibility index (Phi) is 23.4. The van der Waals surface area contributed by atoms with Crippen LogP contribution in [0.4, 0.5) is 0 Å². The highest BCUT2D eigenvalue weighted by Crippen LogP contribution is 2.47. The predicted octanol–water partition coefficient (Wildman–Crippen LogP) is 17.0. The molecule has 0 spiro atoms. The van der Waals surface area contributed by atoms with Gasteiger partial charge >= 0.3 is 35.8 Å². The number of carbonyl (C=O) groups excluding carboxylic acids is 6. The number of benzene rings is 10. The minimum Gasteiger partial charge on any atom is -0.496 e. The molecule has 10 aromatic rings. The summed E-state index contributed by atoms with van der Waals surface area (Å²) in [7, 11) is 3.44. The highest BCUT2D eigenvalue weighted by molar-refractivity contribution is 7.91. The van der Waals surface area contributed by atoms with E-state index in [0.29, 0.717) is 55.6 Å². The van der Waals surface area contributed by atoms with Crippen LogP contribution in [-0.2, 0) is 19.3 Å². The Morgan fingerprint density at radius 1 is 0.262 bits per heavy atom. The average molecular weight is 1470 g/mol. The SMILES string of the molecule is COc1ccc(S(=O)(=O)c2ccc(OC)c(C(=O)Oc3c(C)c(C)c(C(=O)Oc4c(C)c(C)c(C(=O)OC(c5ccccc5)c5ccccc5)c(OC)c4C)c(OC)c3C)c2)cc1C(=O)Oc1c(C)c(C)c(C(=O)Oc2c(C)c(C)c(C(=O)OC(c3ccccc3)c3ccccc3)c(OC)c2C)c(OC)c1C. The summed E-state index contributed by atoms with van der Waals surface area (Å²) in [6, 6.07) is 44.5. The lowest BCUT2D eigenvalue weighted by molar-refractivity contribution is 0.0364. The van der Waals surface area contributed by atoms with E-state index in [-0.39, 0.29) is 102 Å². The van der Waals surface area contributed by atoms with Gasteiger partial charge in [-0.05, 0) is 186 Å². The van der Waals surface area contributed by atoms with Gasteiger partial charge in [0.15, 0.2) is 12.2 Å². The summed E-state index contributed by atoms with van der Waals surface area (Å²) in [6.07, 6.45) is -1.51. The monoisotopic (exact) mass is 1470 g/mol. The summed E-state index contributed by atoms with van der Waals surface area (Å²) >= 11 is 0. The summed E-state index contributed by atoms with van der Waals surface area (Å²) in [6.45, 7) is 19.8. The van der Waals surface area contributed by atoms with E-state index in [1.54, 1.807) is 83.1 Å². The highest BCUT2D eigenvalue weighted by atomic mass is 32.2. The topological polar surface area (TPSA) is 247 Å². The Morgan fingerprint density at radius 3 is 0.729 bits per heavy atom. The molecule has 0 amide bonds. The van der Waals surface area contributed by atoms with E-state index < -0.39 is 67.7 Å². The van der Waals surface area contributed by atoms with Gasteiger partial charge in [0.25, 0.3) is 0 Å². The van der Waals surface area contributed by atoms with Crippen molar-refractivity contribution in [2.24, 2.45) is 0 Å². The zero-order chi connectivity index (χ0) is 77.6. The standard InChI is InChI=1S/C86H82O20S/c1-45-49(5)71(53(9)75(97-15)67(45)83(89)103-73-51(7)47(3)69(77(99-17)55(73)11)85(91)105-79(57-31-23-19-24-32-57)58-33-25-20-26-34-58)101-81(87)63-43-61(39-41-65(63)95-13)107(93,94)62-40-42-66(96-14)64(44-62)82(88)102-72-50(6)46(2)68(76(98-16)54(72)10)84(90)104-74-52(8)48(4)70(78(100-18)56(74)12)86(92)106-80(59-35-27-21-28-36-59)60-37-29-22-30-38-60/h19-44,79-80H,1-18H3. The van der Waals surface area contributed by atoms with Gasteiger partial charge in [-0.3, -0.25) is 0 Å². The first kappa shape index (κ1) is 77.4. The van der Waals surface area contributed by atoms with Gasteiger partial charge < -0.3 is 56.8 Å². The molecule has 0 N–H and O–H groups in total. The zero-order valence-electron chi connectivity index (χ0n) is 62.7. The van der Waals surface area contributed by atoms with Crippen LogP contribution < -0.4 is 47.4 Å². The van der Waals surface area contributed by atoms with Crippen molar-refractivity contribution in [2.75, 3.05) is 42.7 Å². The largest absolute Gasteiger partial charge is 0.496 e. The number of methoxy groups -OCH3 is 6. The molecule has 0 radical (unpaired) electrons. The van der Waals surface area contributed by atoms with Crippen LogP contribution in [0.3, 0.4) is 0 Å². The van der Waals surface area contributed by atoms with Gasteiger partial charge in [0.2, 0.25) is 9.84 Å². The first-order valence-electron chi connectivity index (χ1n) is 33.9. The molecule has 0 atom stereocenters. The van der Waals surface area contributed by atoms with E-state index in [9.17, 15) is 37.2 Å². The number of carbonyl (C=O) groups is 6. The third-order valence-corrected chi connectivity index (χ3v) is 21.2. The molecule has 0 bridgehead atoms. The number of rotatable bonds is 24. The van der Waals surface area contributed by atoms with Crippen LogP contribution in [0, 0.1) is 83.1 Å². The fraction of sp³-hybridized carbons (Fsp3) is 0.233. The number of hydrogen-bond acceptors (Lipinski definition) is 20. The minimum atomic E-state index is -4.62. The van der Waals surface area contributed by atoms with Crippen LogP contribution in [0.2, 0.25) is 0 Å². The smallest absolute Gasteiger partial charge is 0.347 e. The van der Waals surface area contributed by atoms with Gasteiger partial charge in [0.05, 0.1) is 52.4 Å². The average Bonchev–Trinajstić information content (AvgIpc) is 0.767. The van der Waals surface area contributed by atoms with E-state index >= 15 is 0 Å². The van der Waals surface area contributed by atoms with E-state index in [4.69, 9.17) is 56.8 Å². The molecule has 0 heterocycles. The number of hydrogen-bond donors (Lipinski definition) is 0. The second-order valence-corrected chi connectivity index (χ2v) is 27.4. The summed E-state index contributed by atoms with van der Waals surface area (Å²) in [5.41, 5.74) is 6.84. The van der Waals surface area contributed by atoms with Gasteiger partial charge in [0, 0.05) is 22.3 Å². The van der Waals surface area contributed by atoms with Crippen molar-refractivity contribution in [1.82, 2.24) is 0 Å². The van der Waals surface area contributed by atoms with Crippen molar-refractivity contribution >= 4 is 45.7 Å². The molecule has 0 saturated carbocycles. The molecule has 0 aromatic heterocycles. The van der Waals surface area contributed by atoms with E-state index in [1.165, 1.54) is 66.9 Å². The fourth-order valence-electron chi connectivity index (χ4n) is 13.3. The third kappa shape index (κ3) is 15.0. The van der Waals surface area contributed by atoms with Crippen molar-refractivity contribution in [1.29, 1.82) is 0 Å². The van der Waals surface area contributed by atoms with Crippen LogP contribution in [-0.4, -0.2) is 86.9 Å². The molecule has 10 aromatic carbocycles. The molecule has 0 aliphatic carbocycles. The maximum absolute atomic E-state index is 14.8. The van der Waals surface area contributed by atoms with E-state index in [2.05, 4.69) is 0 Å². The lowest BCUT2D eigenvalue weighted by Crippen LogP contribution is -2.19. The van der Waals surface area contributed by atoms with Crippen LogP contribution >= 0.6 is 0 Å². The van der Waals surface area contributed by atoms with Crippen LogP contribution in [0.5, 0.6) is 57.5 Å². The Hall–Kier alpha value is -12.2. The van der Waals surface area contributed by atoms with Gasteiger partial charge in [-0.2, -0.15) is 0 Å². The zero-order valence-corrected chi connectivity index (χ0v) is 63.6. The van der Waals surface area contributed by atoms with Crippen molar-refractivity contribution < 1.29 is 94.0 Å². The summed E-state index contributed by atoms with van der Waals surface area (Å²) in [5, 5.41) is 0. The van der Waals surface area contributed by atoms with Crippen LogP contribution in [0.15, 0.2) is 168 Å². The first-order valence-corrected chi connectivity index (χ1v) is 35.4. The fourth-order valence-corrected chi connectivity index (χ4v) is 14.6. The second kappa shape index (κ2) is 32.4. The maximum Gasteiger partial charge on any atom is 0.347 e. The molecule has 552 valence electrons. The van der Waals surface area contributed by atoms with Crippen LogP contribution in [0.25, 0.3) is 0 Å². The minimum absolute atomic E-state index is 0.000945. The molecule has 10 rings (SSSR count). The maximum atomic E-state index is 14.8. The Morgan fingerprint density at radius 2 is 0.495 bits per heavy atom. The van der Waals surface area contributed by atoms with Gasteiger partial charge in [-0.25, -0.2) is 37.2 Å². The Labute approximate surface area is 621 Å². The number of sulfone groups is 1. The molecule has 107 heavy (non-hydrogen) atoms. The van der Waals surface area contributed by atoms with Crippen molar-refractivity contribution in [2.45, 2.75) is 105 Å². The Balaban J connectivity index is 0.887. The molecule has 0 aliphatic rings. The predicted molar refractivity (Wildman–Crippen MR) is 400 cm³/mol.